The fraction of sp³-hybridized carbons (Fsp3) is 0.263. The van der Waals surface area contributed by atoms with Crippen LogP contribution in [0.5, 0.6) is 11.5 Å². The van der Waals surface area contributed by atoms with E-state index in [4.69, 9.17) is 25.8 Å². The first-order valence-electron chi connectivity index (χ1n) is 8.37. The number of para-hydroxylation sites is 1. The summed E-state index contributed by atoms with van der Waals surface area (Å²) in [6, 6.07) is 9.82. The lowest BCUT2D eigenvalue weighted by Gasteiger charge is -2.20. The lowest BCUT2D eigenvalue weighted by Crippen LogP contribution is -2.28. The third kappa shape index (κ3) is 4.50. The maximum atomic E-state index is 12.7. The second-order valence-corrected chi connectivity index (χ2v) is 6.14. The number of carbonyl (C=O) groups excluding carboxylic acids is 2. The number of halogens is 1. The summed E-state index contributed by atoms with van der Waals surface area (Å²) in [4.78, 5) is 25.0. The molecule has 8 heteroatoms. The van der Waals surface area contributed by atoms with Gasteiger partial charge >= 0.3 is 0 Å². The van der Waals surface area contributed by atoms with Gasteiger partial charge in [-0.3, -0.25) is 9.59 Å². The molecule has 27 heavy (non-hydrogen) atoms. The average Bonchev–Trinajstić information content (AvgIpc) is 2.68. The molecule has 0 bridgehead atoms. The minimum atomic E-state index is -0.411. The predicted octanol–water partition coefficient (Wildman–Crippen LogP) is 2.74. The van der Waals surface area contributed by atoms with E-state index >= 15 is 0 Å². The monoisotopic (exact) mass is 390 g/mol. The van der Waals surface area contributed by atoms with E-state index in [-0.39, 0.29) is 5.91 Å². The van der Waals surface area contributed by atoms with Gasteiger partial charge in [0.15, 0.2) is 11.5 Å². The number of nitrogens with one attached hydrogen (secondary N) is 2. The number of rotatable bonds is 6. The number of amides is 2. The maximum Gasteiger partial charge on any atom is 0.255 e. The molecule has 1 aliphatic heterocycles. The Morgan fingerprint density at radius 3 is 2.74 bits per heavy atom. The van der Waals surface area contributed by atoms with Crippen LogP contribution in [0.4, 0.5) is 5.69 Å². The van der Waals surface area contributed by atoms with Gasteiger partial charge in [-0.05, 0) is 24.3 Å². The summed E-state index contributed by atoms with van der Waals surface area (Å²) >= 11 is 6.19. The van der Waals surface area contributed by atoms with Crippen molar-refractivity contribution < 1.29 is 23.8 Å². The molecule has 0 unspecified atom stereocenters. The summed E-state index contributed by atoms with van der Waals surface area (Å²) in [5, 5.41) is 5.77. The number of hydrogen-bond donors (Lipinski definition) is 2. The zero-order valence-corrected chi connectivity index (χ0v) is 15.5. The quantitative estimate of drug-likeness (QED) is 0.741. The van der Waals surface area contributed by atoms with Crippen molar-refractivity contribution in [2.45, 2.75) is 0 Å². The minimum Gasteiger partial charge on any atom is -0.486 e. The fourth-order valence-electron chi connectivity index (χ4n) is 2.59. The molecular formula is C19H19ClN2O5. The van der Waals surface area contributed by atoms with E-state index in [1.54, 1.807) is 37.4 Å². The molecule has 142 valence electrons. The Balaban J connectivity index is 1.79. The average molecular weight is 391 g/mol. The third-order valence-electron chi connectivity index (χ3n) is 3.87. The van der Waals surface area contributed by atoms with Crippen LogP contribution in [-0.4, -0.2) is 45.3 Å². The van der Waals surface area contributed by atoms with E-state index in [0.29, 0.717) is 59.7 Å². The van der Waals surface area contributed by atoms with Crippen molar-refractivity contribution in [3.8, 4) is 11.5 Å². The number of ether oxygens (including phenoxy) is 3. The van der Waals surface area contributed by atoms with Gasteiger partial charge in [0, 0.05) is 19.2 Å². The summed E-state index contributed by atoms with van der Waals surface area (Å²) in [7, 11) is 1.55. The van der Waals surface area contributed by atoms with Gasteiger partial charge < -0.3 is 24.8 Å². The van der Waals surface area contributed by atoms with Gasteiger partial charge in [-0.2, -0.15) is 0 Å². The molecule has 1 aliphatic rings. The van der Waals surface area contributed by atoms with Crippen LogP contribution in [0.15, 0.2) is 36.4 Å². The minimum absolute atomic E-state index is 0.294. The molecular weight excluding hydrogens is 372 g/mol. The Morgan fingerprint density at radius 2 is 1.93 bits per heavy atom. The first-order valence-corrected chi connectivity index (χ1v) is 8.74. The van der Waals surface area contributed by atoms with Crippen LogP contribution < -0.4 is 20.1 Å². The van der Waals surface area contributed by atoms with Gasteiger partial charge in [0.2, 0.25) is 0 Å². The molecule has 0 radical (unpaired) electrons. The van der Waals surface area contributed by atoms with Crippen LogP contribution in [0.25, 0.3) is 0 Å². The highest BCUT2D eigenvalue weighted by molar-refractivity contribution is 6.32. The Kier molecular flexibility index (Phi) is 6.16. The van der Waals surface area contributed by atoms with Gasteiger partial charge in [0.1, 0.15) is 13.2 Å². The Hall–Kier alpha value is -2.77. The molecule has 2 N–H and O–H groups in total. The molecule has 3 rings (SSSR count). The maximum absolute atomic E-state index is 12.7. The molecule has 7 nitrogen and oxygen atoms in total. The van der Waals surface area contributed by atoms with Crippen molar-refractivity contribution >= 4 is 29.1 Å². The van der Waals surface area contributed by atoms with E-state index in [1.165, 1.54) is 6.07 Å². The normalized spacial score (nSPS) is 12.4. The Bertz CT molecular complexity index is 856. The third-order valence-corrected chi connectivity index (χ3v) is 4.15. The van der Waals surface area contributed by atoms with Crippen LogP contribution in [-0.2, 0) is 4.74 Å². The zero-order chi connectivity index (χ0) is 19.2. The number of carbonyl (C=O) groups is 2. The molecule has 1 heterocycles. The molecule has 0 saturated heterocycles. The van der Waals surface area contributed by atoms with E-state index in [2.05, 4.69) is 10.6 Å². The van der Waals surface area contributed by atoms with Crippen LogP contribution in [0.3, 0.4) is 0 Å². The Labute approximate surface area is 161 Å². The largest absolute Gasteiger partial charge is 0.486 e. The van der Waals surface area contributed by atoms with E-state index in [9.17, 15) is 9.59 Å². The van der Waals surface area contributed by atoms with Crippen LogP contribution in [0.2, 0.25) is 5.02 Å². The second kappa shape index (κ2) is 8.75. The molecule has 2 aromatic rings. The number of benzene rings is 2. The molecule has 0 spiro atoms. The summed E-state index contributed by atoms with van der Waals surface area (Å²) < 4.78 is 15.9. The van der Waals surface area contributed by atoms with Gasteiger partial charge in [0.05, 0.1) is 22.9 Å². The standard InChI is InChI=1S/C19H19ClN2O5/c1-25-7-6-21-19(24)13-4-2-3-5-15(13)22-18(23)12-10-14(20)17-16(11-12)26-8-9-27-17/h2-5,10-11H,6-9H2,1H3,(H,21,24)(H,22,23). The summed E-state index contributed by atoms with van der Waals surface area (Å²) in [5.41, 5.74) is 1.05. The highest BCUT2D eigenvalue weighted by Crippen LogP contribution is 2.38. The summed E-state index contributed by atoms with van der Waals surface area (Å²) in [6.07, 6.45) is 0. The molecule has 2 aromatic carbocycles. The fourth-order valence-corrected chi connectivity index (χ4v) is 2.85. The molecule has 2 amide bonds. The van der Waals surface area contributed by atoms with Gasteiger partial charge in [0.25, 0.3) is 11.8 Å². The van der Waals surface area contributed by atoms with Crippen molar-refractivity contribution in [3.63, 3.8) is 0 Å². The first kappa shape index (κ1) is 19.0. The highest BCUT2D eigenvalue weighted by atomic mass is 35.5. The SMILES string of the molecule is COCCNC(=O)c1ccccc1NC(=O)c1cc(Cl)c2c(c1)OCCO2. The molecule has 0 aliphatic carbocycles. The number of fused-ring (bicyclic) bond motifs is 1. The number of anilines is 1. The van der Waals surface area contributed by atoms with Crippen LogP contribution in [0, 0.1) is 0 Å². The van der Waals surface area contributed by atoms with Crippen LogP contribution >= 0.6 is 11.6 Å². The molecule has 0 saturated carbocycles. The summed E-state index contributed by atoms with van der Waals surface area (Å²) in [5.74, 6) is 0.135. The van der Waals surface area contributed by atoms with Crippen molar-refractivity contribution in [2.75, 3.05) is 38.8 Å². The van der Waals surface area contributed by atoms with Crippen LogP contribution in [0.1, 0.15) is 20.7 Å². The Morgan fingerprint density at radius 1 is 1.15 bits per heavy atom. The van der Waals surface area contributed by atoms with Crippen molar-refractivity contribution in [3.05, 3.63) is 52.5 Å². The van der Waals surface area contributed by atoms with E-state index in [1.807, 2.05) is 0 Å². The number of methoxy groups -OCH3 is 1. The lowest BCUT2D eigenvalue weighted by atomic mass is 10.1. The predicted molar refractivity (Wildman–Crippen MR) is 101 cm³/mol. The second-order valence-electron chi connectivity index (χ2n) is 5.73. The topological polar surface area (TPSA) is 85.9 Å². The van der Waals surface area contributed by atoms with Gasteiger partial charge in [-0.1, -0.05) is 23.7 Å². The smallest absolute Gasteiger partial charge is 0.255 e. The van der Waals surface area contributed by atoms with Crippen molar-refractivity contribution in [1.82, 2.24) is 5.32 Å². The summed E-state index contributed by atoms with van der Waals surface area (Å²) in [6.45, 7) is 1.56. The van der Waals surface area contributed by atoms with Crippen molar-refractivity contribution in [2.24, 2.45) is 0 Å². The van der Waals surface area contributed by atoms with Crippen molar-refractivity contribution in [1.29, 1.82) is 0 Å². The molecule has 0 aromatic heterocycles. The zero-order valence-electron chi connectivity index (χ0n) is 14.7. The van der Waals surface area contributed by atoms with Gasteiger partial charge in [-0.25, -0.2) is 0 Å². The van der Waals surface area contributed by atoms with E-state index < -0.39 is 5.91 Å². The van der Waals surface area contributed by atoms with Gasteiger partial charge in [-0.15, -0.1) is 0 Å². The lowest BCUT2D eigenvalue weighted by molar-refractivity contribution is 0.0938. The van der Waals surface area contributed by atoms with E-state index in [0.717, 1.165) is 0 Å². The first-order chi connectivity index (χ1) is 13.1. The number of hydrogen-bond acceptors (Lipinski definition) is 5. The highest BCUT2D eigenvalue weighted by Gasteiger charge is 2.20. The molecule has 0 atom stereocenters. The molecule has 0 fully saturated rings.